The van der Waals surface area contributed by atoms with Gasteiger partial charge in [-0.3, -0.25) is 10.1 Å². The van der Waals surface area contributed by atoms with E-state index in [1.807, 2.05) is 30.6 Å². The fourth-order valence-corrected chi connectivity index (χ4v) is 3.29. The van der Waals surface area contributed by atoms with Crippen molar-refractivity contribution in [2.45, 2.75) is 23.8 Å². The van der Waals surface area contributed by atoms with Crippen molar-refractivity contribution < 1.29 is 8.42 Å². The van der Waals surface area contributed by atoms with Gasteiger partial charge in [0.05, 0.1) is 5.69 Å². The molecule has 1 saturated carbocycles. The number of hydrogen-bond acceptors (Lipinski definition) is 3. The Hall–Kier alpha value is -1.79. The molecular weight excluding hydrogens is 262 g/mol. The topological polar surface area (TPSA) is 63.1 Å². The van der Waals surface area contributed by atoms with E-state index in [1.165, 1.54) is 0 Å². The van der Waals surface area contributed by atoms with E-state index in [0.717, 1.165) is 12.8 Å². The van der Waals surface area contributed by atoms with Crippen LogP contribution < -0.4 is 10.1 Å². The van der Waals surface area contributed by atoms with Gasteiger partial charge in [-0.25, -0.2) is 13.1 Å². The maximum absolute atomic E-state index is 12.3. The largest absolute Gasteiger partial charge is 0.294 e. The summed E-state index contributed by atoms with van der Waals surface area (Å²) in [5.74, 6) is 0. The zero-order chi connectivity index (χ0) is 13.3. The standard InChI is InChI=1S/C13H15N3O2S/c17-19(18,15-11-7-8-11)13-6-2-1-5-12(13)14-16-9-3-4-10-16/h1-6,9-11,14-15H,7-8H2. The van der Waals surface area contributed by atoms with E-state index < -0.39 is 10.0 Å². The second kappa shape index (κ2) is 4.71. The van der Waals surface area contributed by atoms with E-state index in [0.29, 0.717) is 5.69 Å². The highest BCUT2D eigenvalue weighted by Gasteiger charge is 2.29. The van der Waals surface area contributed by atoms with Crippen molar-refractivity contribution in [1.29, 1.82) is 0 Å². The predicted octanol–water partition coefficient (Wildman–Crippen LogP) is 1.80. The summed E-state index contributed by atoms with van der Waals surface area (Å²) in [5.41, 5.74) is 3.61. The first-order chi connectivity index (χ1) is 9.15. The SMILES string of the molecule is O=S(=O)(NC1CC1)c1ccccc1Nn1cccc1. The lowest BCUT2D eigenvalue weighted by atomic mass is 10.3. The van der Waals surface area contributed by atoms with Crippen molar-refractivity contribution in [3.8, 4) is 0 Å². The fourth-order valence-electron chi connectivity index (χ4n) is 1.83. The van der Waals surface area contributed by atoms with Gasteiger partial charge in [0.15, 0.2) is 0 Å². The molecule has 19 heavy (non-hydrogen) atoms. The van der Waals surface area contributed by atoms with E-state index in [9.17, 15) is 8.42 Å². The second-order valence-electron chi connectivity index (χ2n) is 4.59. The summed E-state index contributed by atoms with van der Waals surface area (Å²) in [7, 11) is -3.46. The van der Waals surface area contributed by atoms with Gasteiger partial charge in [-0.15, -0.1) is 0 Å². The van der Waals surface area contributed by atoms with Crippen LogP contribution >= 0.6 is 0 Å². The number of sulfonamides is 1. The van der Waals surface area contributed by atoms with Gasteiger partial charge in [0, 0.05) is 18.4 Å². The molecule has 5 nitrogen and oxygen atoms in total. The van der Waals surface area contributed by atoms with Gasteiger partial charge < -0.3 is 0 Å². The number of nitrogens with one attached hydrogen (secondary N) is 2. The lowest BCUT2D eigenvalue weighted by Crippen LogP contribution is -2.26. The van der Waals surface area contributed by atoms with Gasteiger partial charge in [-0.2, -0.15) is 0 Å². The number of aromatic nitrogens is 1. The second-order valence-corrected chi connectivity index (χ2v) is 6.28. The lowest BCUT2D eigenvalue weighted by Gasteiger charge is -2.13. The van der Waals surface area contributed by atoms with Crippen LogP contribution in [-0.4, -0.2) is 19.1 Å². The molecule has 1 aromatic carbocycles. The van der Waals surface area contributed by atoms with E-state index in [1.54, 1.807) is 22.9 Å². The fraction of sp³-hybridized carbons (Fsp3) is 0.231. The van der Waals surface area contributed by atoms with Crippen LogP contribution in [-0.2, 0) is 10.0 Å². The molecule has 0 unspecified atom stereocenters. The van der Waals surface area contributed by atoms with Crippen LogP contribution in [0.4, 0.5) is 5.69 Å². The Labute approximate surface area is 112 Å². The van der Waals surface area contributed by atoms with Gasteiger partial charge in [0.25, 0.3) is 0 Å². The molecule has 0 aliphatic heterocycles. The van der Waals surface area contributed by atoms with Crippen LogP contribution in [0.2, 0.25) is 0 Å². The van der Waals surface area contributed by atoms with Gasteiger partial charge in [-0.05, 0) is 37.1 Å². The quantitative estimate of drug-likeness (QED) is 0.876. The maximum atomic E-state index is 12.3. The highest BCUT2D eigenvalue weighted by molar-refractivity contribution is 7.89. The summed E-state index contributed by atoms with van der Waals surface area (Å²) in [4.78, 5) is 0.274. The molecule has 0 bridgehead atoms. The molecule has 2 N–H and O–H groups in total. The zero-order valence-electron chi connectivity index (χ0n) is 10.3. The molecule has 0 radical (unpaired) electrons. The summed E-state index contributed by atoms with van der Waals surface area (Å²) in [5, 5.41) is 0. The molecule has 0 amide bonds. The molecule has 0 saturated heterocycles. The molecule has 6 heteroatoms. The number of rotatable bonds is 5. The minimum absolute atomic E-state index is 0.102. The summed E-state index contributed by atoms with van der Waals surface area (Å²) < 4.78 is 28.9. The first-order valence-corrected chi connectivity index (χ1v) is 7.65. The molecular formula is C13H15N3O2S. The molecule has 1 fully saturated rings. The summed E-state index contributed by atoms with van der Waals surface area (Å²) in [6.45, 7) is 0. The lowest BCUT2D eigenvalue weighted by molar-refractivity contribution is 0.581. The van der Waals surface area contributed by atoms with Crippen LogP contribution in [0.25, 0.3) is 0 Å². The molecule has 0 atom stereocenters. The maximum Gasteiger partial charge on any atom is 0.242 e. The van der Waals surface area contributed by atoms with Crippen LogP contribution in [0.3, 0.4) is 0 Å². The van der Waals surface area contributed by atoms with E-state index >= 15 is 0 Å². The van der Waals surface area contributed by atoms with Crippen molar-refractivity contribution in [2.75, 3.05) is 5.43 Å². The summed E-state index contributed by atoms with van der Waals surface area (Å²) in [6, 6.07) is 10.7. The Morgan fingerprint density at radius 2 is 1.74 bits per heavy atom. The summed E-state index contributed by atoms with van der Waals surface area (Å²) in [6.07, 6.45) is 5.48. The van der Waals surface area contributed by atoms with Gasteiger partial charge in [0.1, 0.15) is 4.90 Å². The molecule has 3 rings (SSSR count). The van der Waals surface area contributed by atoms with Gasteiger partial charge in [0.2, 0.25) is 10.0 Å². The summed E-state index contributed by atoms with van der Waals surface area (Å²) >= 11 is 0. The van der Waals surface area contributed by atoms with E-state index in [-0.39, 0.29) is 10.9 Å². The van der Waals surface area contributed by atoms with E-state index in [4.69, 9.17) is 0 Å². The Morgan fingerprint density at radius 3 is 2.42 bits per heavy atom. The highest BCUT2D eigenvalue weighted by Crippen LogP contribution is 2.25. The van der Waals surface area contributed by atoms with Crippen molar-refractivity contribution in [1.82, 2.24) is 9.40 Å². The number of para-hydroxylation sites is 1. The number of benzene rings is 1. The Balaban J connectivity index is 1.92. The molecule has 1 aliphatic rings. The third-order valence-corrected chi connectivity index (χ3v) is 4.51. The third-order valence-electron chi connectivity index (χ3n) is 2.93. The number of anilines is 1. The van der Waals surface area contributed by atoms with Crippen LogP contribution in [0.15, 0.2) is 53.7 Å². The molecule has 2 aromatic rings. The minimum atomic E-state index is -3.46. The van der Waals surface area contributed by atoms with Crippen LogP contribution in [0, 0.1) is 0 Å². The van der Waals surface area contributed by atoms with E-state index in [2.05, 4.69) is 10.1 Å². The van der Waals surface area contributed by atoms with Gasteiger partial charge >= 0.3 is 0 Å². The Kier molecular flexibility index (Phi) is 3.04. The normalized spacial score (nSPS) is 15.4. The Morgan fingerprint density at radius 1 is 1.05 bits per heavy atom. The van der Waals surface area contributed by atoms with Crippen LogP contribution in [0.1, 0.15) is 12.8 Å². The number of nitrogens with zero attached hydrogens (tertiary/aromatic N) is 1. The molecule has 1 aliphatic carbocycles. The highest BCUT2D eigenvalue weighted by atomic mass is 32.2. The zero-order valence-corrected chi connectivity index (χ0v) is 11.1. The number of hydrogen-bond donors (Lipinski definition) is 2. The molecule has 0 spiro atoms. The van der Waals surface area contributed by atoms with Crippen molar-refractivity contribution in [2.24, 2.45) is 0 Å². The third kappa shape index (κ3) is 2.80. The first-order valence-electron chi connectivity index (χ1n) is 6.16. The van der Waals surface area contributed by atoms with Crippen molar-refractivity contribution in [3.63, 3.8) is 0 Å². The monoisotopic (exact) mass is 277 g/mol. The van der Waals surface area contributed by atoms with Gasteiger partial charge in [-0.1, -0.05) is 12.1 Å². The Bertz CT molecular complexity index is 661. The average molecular weight is 277 g/mol. The smallest absolute Gasteiger partial charge is 0.242 e. The minimum Gasteiger partial charge on any atom is -0.294 e. The molecule has 100 valence electrons. The predicted molar refractivity (Wildman–Crippen MR) is 73.2 cm³/mol. The average Bonchev–Trinajstić information content (AvgIpc) is 3.03. The van der Waals surface area contributed by atoms with Crippen LogP contribution in [0.5, 0.6) is 0 Å². The molecule has 1 aromatic heterocycles. The first kappa shape index (κ1) is 12.3. The van der Waals surface area contributed by atoms with Crippen molar-refractivity contribution >= 4 is 15.7 Å². The molecule has 1 heterocycles. The van der Waals surface area contributed by atoms with Crippen molar-refractivity contribution in [3.05, 3.63) is 48.8 Å².